The third-order valence-corrected chi connectivity index (χ3v) is 3.05. The fourth-order valence-electron chi connectivity index (χ4n) is 2.18. The van der Waals surface area contributed by atoms with Gasteiger partial charge in [-0.1, -0.05) is 0 Å². The Hall–Kier alpha value is -2.13. The van der Waals surface area contributed by atoms with E-state index >= 15 is 0 Å². The zero-order valence-electron chi connectivity index (χ0n) is 10.0. The van der Waals surface area contributed by atoms with Gasteiger partial charge in [-0.15, -0.1) is 12.4 Å². The van der Waals surface area contributed by atoms with E-state index in [1.807, 2.05) is 18.2 Å². The summed E-state index contributed by atoms with van der Waals surface area (Å²) in [4.78, 5) is 16.1. The zero-order chi connectivity index (χ0) is 12.5. The monoisotopic (exact) mass is 273 g/mol. The fraction of sp³-hybridized carbons (Fsp3) is 0.0667. The predicted octanol–water partition coefficient (Wildman–Crippen LogP) is 3.03. The van der Waals surface area contributed by atoms with E-state index in [0.29, 0.717) is 12.0 Å². The summed E-state index contributed by atoms with van der Waals surface area (Å²) in [5.41, 5.74) is 3.29. The highest BCUT2D eigenvalue weighted by Crippen LogP contribution is 2.30. The van der Waals surface area contributed by atoms with Gasteiger partial charge in [0.25, 0.3) is 0 Å². The number of aromatic hydroxyl groups is 1. The van der Waals surface area contributed by atoms with Crippen molar-refractivity contribution in [2.45, 2.75) is 6.42 Å². The van der Waals surface area contributed by atoms with Gasteiger partial charge < -0.3 is 5.11 Å². The normalized spacial score (nSPS) is 15.2. The maximum absolute atomic E-state index is 12.1. The van der Waals surface area contributed by atoms with Crippen molar-refractivity contribution in [3.63, 3.8) is 0 Å². The van der Waals surface area contributed by atoms with Crippen molar-refractivity contribution in [3.8, 4) is 5.75 Å². The number of phenolic OH excluding ortho intramolecular Hbond substituents is 1. The van der Waals surface area contributed by atoms with Crippen molar-refractivity contribution < 1.29 is 9.90 Å². The van der Waals surface area contributed by atoms with Crippen molar-refractivity contribution >= 4 is 24.3 Å². The van der Waals surface area contributed by atoms with Crippen LogP contribution in [0.5, 0.6) is 5.75 Å². The number of hydrogen-bond acceptors (Lipinski definition) is 3. The highest BCUT2D eigenvalue weighted by molar-refractivity contribution is 6.15. The molecule has 1 N–H and O–H groups in total. The maximum Gasteiger partial charge on any atom is 0.189 e. The van der Waals surface area contributed by atoms with E-state index in [1.165, 1.54) is 0 Å². The number of hydrogen-bond donors (Lipinski definition) is 1. The lowest BCUT2D eigenvalue weighted by molar-refractivity contribution is 0.104. The van der Waals surface area contributed by atoms with E-state index in [0.717, 1.165) is 16.7 Å². The van der Waals surface area contributed by atoms with Gasteiger partial charge in [0.05, 0.1) is 0 Å². The number of carbonyl (C=O) groups is 1. The molecule has 0 bridgehead atoms. The molecule has 1 aliphatic rings. The smallest absolute Gasteiger partial charge is 0.189 e. The Balaban J connectivity index is 0.00000133. The summed E-state index contributed by atoms with van der Waals surface area (Å²) in [6.07, 6.45) is 5.85. The average molecular weight is 274 g/mol. The molecule has 1 aromatic heterocycles. The minimum Gasteiger partial charge on any atom is -0.508 e. The molecule has 0 unspecified atom stereocenters. The van der Waals surface area contributed by atoms with Crippen LogP contribution >= 0.6 is 12.4 Å². The Kier molecular flexibility index (Phi) is 3.67. The number of phenols is 1. The molecule has 0 amide bonds. The Morgan fingerprint density at radius 2 is 1.89 bits per heavy atom. The molecular weight excluding hydrogens is 262 g/mol. The van der Waals surface area contributed by atoms with Crippen molar-refractivity contribution in [2.24, 2.45) is 0 Å². The van der Waals surface area contributed by atoms with Gasteiger partial charge in [0, 0.05) is 30.0 Å². The minimum absolute atomic E-state index is 0. The molecule has 19 heavy (non-hydrogen) atoms. The van der Waals surface area contributed by atoms with E-state index in [1.54, 1.807) is 30.6 Å². The number of ketones is 1. The molecule has 1 heterocycles. The number of pyridine rings is 1. The Labute approximate surface area is 117 Å². The summed E-state index contributed by atoms with van der Waals surface area (Å²) in [5.74, 6) is 0.244. The van der Waals surface area contributed by atoms with Crippen molar-refractivity contribution in [1.82, 2.24) is 4.98 Å². The van der Waals surface area contributed by atoms with Crippen LogP contribution in [-0.2, 0) is 6.42 Å². The van der Waals surface area contributed by atoms with E-state index in [9.17, 15) is 9.90 Å². The zero-order valence-corrected chi connectivity index (χ0v) is 10.9. The first-order valence-electron chi connectivity index (χ1n) is 5.71. The molecule has 0 radical (unpaired) electrons. The predicted molar refractivity (Wildman–Crippen MR) is 75.6 cm³/mol. The number of aromatic nitrogens is 1. The molecule has 1 aromatic carbocycles. The summed E-state index contributed by atoms with van der Waals surface area (Å²) in [6.45, 7) is 0. The molecule has 2 aromatic rings. The second-order valence-electron chi connectivity index (χ2n) is 4.30. The number of carbonyl (C=O) groups excluding carboxylic acids is 1. The molecule has 96 valence electrons. The van der Waals surface area contributed by atoms with Crippen LogP contribution in [0.3, 0.4) is 0 Å². The highest BCUT2D eigenvalue weighted by Gasteiger charge is 2.24. The highest BCUT2D eigenvalue weighted by atomic mass is 35.5. The molecule has 0 fully saturated rings. The molecule has 0 saturated heterocycles. The fourth-order valence-corrected chi connectivity index (χ4v) is 2.18. The number of benzene rings is 1. The van der Waals surface area contributed by atoms with E-state index in [4.69, 9.17) is 0 Å². The van der Waals surface area contributed by atoms with E-state index in [2.05, 4.69) is 4.98 Å². The average Bonchev–Trinajstić information content (AvgIpc) is 2.67. The number of rotatable bonds is 1. The van der Waals surface area contributed by atoms with Gasteiger partial charge in [0.2, 0.25) is 0 Å². The Morgan fingerprint density at radius 1 is 1.16 bits per heavy atom. The van der Waals surface area contributed by atoms with Crippen LogP contribution in [0.2, 0.25) is 0 Å². The largest absolute Gasteiger partial charge is 0.508 e. The lowest BCUT2D eigenvalue weighted by Gasteiger charge is -1.95. The first kappa shape index (κ1) is 13.3. The Bertz CT molecular complexity index is 650. The molecular formula is C15H12ClNO2. The van der Waals surface area contributed by atoms with Gasteiger partial charge in [0.1, 0.15) is 5.75 Å². The number of allylic oxidation sites excluding steroid dienone is 1. The van der Waals surface area contributed by atoms with Crippen LogP contribution in [0.15, 0.2) is 48.3 Å². The number of Topliss-reactive ketones (excluding diaryl/α,β-unsaturated/α-hetero) is 1. The second-order valence-corrected chi connectivity index (χ2v) is 4.30. The van der Waals surface area contributed by atoms with E-state index in [-0.39, 0.29) is 23.9 Å². The molecule has 4 heteroatoms. The van der Waals surface area contributed by atoms with Crippen molar-refractivity contribution in [1.29, 1.82) is 0 Å². The van der Waals surface area contributed by atoms with Gasteiger partial charge in [-0.25, -0.2) is 0 Å². The van der Waals surface area contributed by atoms with Gasteiger partial charge >= 0.3 is 0 Å². The minimum atomic E-state index is 0. The first-order chi connectivity index (χ1) is 8.74. The number of nitrogens with zero attached hydrogens (tertiary/aromatic N) is 1. The third kappa shape index (κ3) is 2.51. The lowest BCUT2D eigenvalue weighted by Crippen LogP contribution is -1.94. The number of halogens is 1. The summed E-state index contributed by atoms with van der Waals surface area (Å²) < 4.78 is 0. The summed E-state index contributed by atoms with van der Waals surface area (Å²) in [5, 5.41) is 9.42. The van der Waals surface area contributed by atoms with Crippen LogP contribution in [0, 0.1) is 0 Å². The van der Waals surface area contributed by atoms with Crippen molar-refractivity contribution in [2.75, 3.05) is 0 Å². The topological polar surface area (TPSA) is 50.2 Å². The van der Waals surface area contributed by atoms with Crippen LogP contribution in [0.1, 0.15) is 21.5 Å². The van der Waals surface area contributed by atoms with E-state index < -0.39 is 0 Å². The maximum atomic E-state index is 12.1. The van der Waals surface area contributed by atoms with Crippen LogP contribution in [0.4, 0.5) is 0 Å². The number of fused-ring (bicyclic) bond motifs is 1. The molecule has 0 saturated carbocycles. The lowest BCUT2D eigenvalue weighted by atomic mass is 10.1. The molecule has 1 aliphatic carbocycles. The summed E-state index contributed by atoms with van der Waals surface area (Å²) in [7, 11) is 0. The molecule has 0 aliphatic heterocycles. The molecule has 0 atom stereocenters. The summed E-state index contributed by atoms with van der Waals surface area (Å²) >= 11 is 0. The second kappa shape index (κ2) is 5.24. The summed E-state index contributed by atoms with van der Waals surface area (Å²) in [6, 6.07) is 8.61. The molecule has 3 nitrogen and oxygen atoms in total. The Morgan fingerprint density at radius 3 is 2.63 bits per heavy atom. The van der Waals surface area contributed by atoms with Gasteiger partial charge in [-0.05, 0) is 47.5 Å². The van der Waals surface area contributed by atoms with Gasteiger partial charge in [0.15, 0.2) is 5.78 Å². The van der Waals surface area contributed by atoms with Crippen LogP contribution < -0.4 is 0 Å². The molecule has 0 spiro atoms. The van der Waals surface area contributed by atoms with Crippen molar-refractivity contribution in [3.05, 3.63) is 65.0 Å². The van der Waals surface area contributed by atoms with Gasteiger partial charge in [-0.2, -0.15) is 0 Å². The third-order valence-electron chi connectivity index (χ3n) is 3.05. The first-order valence-corrected chi connectivity index (χ1v) is 5.71. The van der Waals surface area contributed by atoms with Crippen LogP contribution in [0.25, 0.3) is 6.08 Å². The quantitative estimate of drug-likeness (QED) is 0.813. The SMILES string of the molecule is Cl.O=C1/C(=C/c2ccncc2)Cc2cc(O)ccc21. The molecule has 3 rings (SSSR count). The standard InChI is InChI=1S/C15H11NO2.ClH/c17-13-1-2-14-11(9-13)8-12(15(14)18)7-10-3-5-16-6-4-10;/h1-7,9,17H,8H2;1H/b12-7+;. The van der Waals surface area contributed by atoms with Crippen LogP contribution in [-0.4, -0.2) is 15.9 Å². The van der Waals surface area contributed by atoms with Gasteiger partial charge in [-0.3, -0.25) is 9.78 Å².